The summed E-state index contributed by atoms with van der Waals surface area (Å²) in [7, 11) is 0. The van der Waals surface area contributed by atoms with Gasteiger partial charge >= 0.3 is 0 Å². The number of ether oxygens (including phenoxy) is 1. The molecule has 152 valence electrons. The number of nitrogens with zero attached hydrogens (tertiary/aromatic N) is 3. The molecule has 0 bridgehead atoms. The molecule has 1 aliphatic rings. The van der Waals surface area contributed by atoms with E-state index in [1.54, 1.807) is 12.4 Å². The lowest BCUT2D eigenvalue weighted by molar-refractivity contribution is 0.220. The number of aromatic nitrogens is 3. The van der Waals surface area contributed by atoms with Crippen LogP contribution in [0.4, 0.5) is 0 Å². The van der Waals surface area contributed by atoms with Crippen molar-refractivity contribution in [2.24, 2.45) is 5.92 Å². The van der Waals surface area contributed by atoms with Crippen LogP contribution in [0.15, 0.2) is 67.0 Å². The van der Waals surface area contributed by atoms with Crippen LogP contribution in [-0.4, -0.2) is 44.9 Å². The standard InChI is InChI=1S/C24H24N4O2/c29-16-18-8-10-28(15-18)14-17-1-2-20-12-22(5-3-19(20)11-17)30-24-6-4-21(13-25-24)23-7-9-26-27-23/h1-7,9,11-13,18,29H,8,10,14-16H2,(H,26,27)/t18-/m1/s1. The van der Waals surface area contributed by atoms with Crippen LogP contribution in [0.2, 0.25) is 0 Å². The highest BCUT2D eigenvalue weighted by atomic mass is 16.5. The molecule has 2 aromatic carbocycles. The summed E-state index contributed by atoms with van der Waals surface area (Å²) in [5.41, 5.74) is 3.19. The zero-order valence-corrected chi connectivity index (χ0v) is 16.7. The normalized spacial score (nSPS) is 16.9. The molecular formula is C24H24N4O2. The molecule has 1 aliphatic heterocycles. The van der Waals surface area contributed by atoms with Crippen LogP contribution in [0.5, 0.6) is 11.6 Å². The average molecular weight is 400 g/mol. The van der Waals surface area contributed by atoms with Crippen LogP contribution in [0.1, 0.15) is 12.0 Å². The second-order valence-electron chi connectivity index (χ2n) is 7.87. The quantitative estimate of drug-likeness (QED) is 0.507. The van der Waals surface area contributed by atoms with Gasteiger partial charge in [-0.3, -0.25) is 10.00 Å². The molecule has 3 heterocycles. The molecule has 2 N–H and O–H groups in total. The maximum atomic E-state index is 9.33. The zero-order valence-electron chi connectivity index (χ0n) is 16.7. The van der Waals surface area contributed by atoms with Crippen LogP contribution >= 0.6 is 0 Å². The van der Waals surface area contributed by atoms with Gasteiger partial charge in [-0.1, -0.05) is 18.2 Å². The molecule has 0 amide bonds. The number of hydrogen-bond donors (Lipinski definition) is 2. The monoisotopic (exact) mass is 400 g/mol. The van der Waals surface area contributed by atoms with E-state index in [-0.39, 0.29) is 6.61 Å². The van der Waals surface area contributed by atoms with Gasteiger partial charge < -0.3 is 9.84 Å². The minimum Gasteiger partial charge on any atom is -0.439 e. The van der Waals surface area contributed by atoms with E-state index in [0.29, 0.717) is 11.8 Å². The van der Waals surface area contributed by atoms with E-state index < -0.39 is 0 Å². The van der Waals surface area contributed by atoms with Crippen molar-refractivity contribution in [2.45, 2.75) is 13.0 Å². The molecule has 0 saturated carbocycles. The van der Waals surface area contributed by atoms with Crippen molar-refractivity contribution in [3.63, 3.8) is 0 Å². The Bertz CT molecular complexity index is 1130. The predicted molar refractivity (Wildman–Crippen MR) is 116 cm³/mol. The molecule has 1 atom stereocenters. The van der Waals surface area contributed by atoms with Gasteiger partial charge in [0.2, 0.25) is 5.88 Å². The van der Waals surface area contributed by atoms with Crippen LogP contribution in [-0.2, 0) is 6.54 Å². The fourth-order valence-corrected chi connectivity index (χ4v) is 4.04. The molecule has 0 aliphatic carbocycles. The summed E-state index contributed by atoms with van der Waals surface area (Å²) in [6.45, 7) is 3.25. The molecule has 0 radical (unpaired) electrons. The highest BCUT2D eigenvalue weighted by Gasteiger charge is 2.21. The summed E-state index contributed by atoms with van der Waals surface area (Å²) < 4.78 is 5.95. The van der Waals surface area contributed by atoms with E-state index in [1.807, 2.05) is 30.3 Å². The molecule has 30 heavy (non-hydrogen) atoms. The van der Waals surface area contributed by atoms with Gasteiger partial charge in [-0.15, -0.1) is 0 Å². The summed E-state index contributed by atoms with van der Waals surface area (Å²) in [4.78, 5) is 6.82. The van der Waals surface area contributed by atoms with Crippen molar-refractivity contribution in [2.75, 3.05) is 19.7 Å². The third kappa shape index (κ3) is 4.06. The van der Waals surface area contributed by atoms with E-state index in [2.05, 4.69) is 44.3 Å². The second kappa shape index (κ2) is 8.26. The molecule has 1 fully saturated rings. The lowest BCUT2D eigenvalue weighted by Crippen LogP contribution is -2.20. The van der Waals surface area contributed by atoms with Crippen LogP contribution in [0.25, 0.3) is 22.0 Å². The Balaban J connectivity index is 1.28. The molecule has 6 nitrogen and oxygen atoms in total. The lowest BCUT2D eigenvalue weighted by Gasteiger charge is -2.16. The summed E-state index contributed by atoms with van der Waals surface area (Å²) in [6, 6.07) is 18.4. The van der Waals surface area contributed by atoms with Gasteiger partial charge in [0.15, 0.2) is 0 Å². The van der Waals surface area contributed by atoms with E-state index in [9.17, 15) is 5.11 Å². The Hall–Kier alpha value is -3.22. The topological polar surface area (TPSA) is 74.3 Å². The third-order valence-corrected chi connectivity index (χ3v) is 5.68. The molecule has 1 saturated heterocycles. The van der Waals surface area contributed by atoms with Crippen molar-refractivity contribution in [1.82, 2.24) is 20.1 Å². The maximum absolute atomic E-state index is 9.33. The highest BCUT2D eigenvalue weighted by molar-refractivity contribution is 5.84. The molecule has 0 spiro atoms. The number of pyridine rings is 1. The Morgan fingerprint density at radius 3 is 2.73 bits per heavy atom. The van der Waals surface area contributed by atoms with E-state index in [4.69, 9.17) is 4.74 Å². The van der Waals surface area contributed by atoms with Gasteiger partial charge in [-0.2, -0.15) is 5.10 Å². The number of benzene rings is 2. The maximum Gasteiger partial charge on any atom is 0.219 e. The van der Waals surface area contributed by atoms with E-state index in [0.717, 1.165) is 48.4 Å². The SMILES string of the molecule is OC[C@@H]1CCN(Cc2ccc3cc(Oc4ccc(-c5ccn[nH]5)cn4)ccc3c2)C1. The Labute approximate surface area is 175 Å². The number of H-pyrrole nitrogens is 1. The van der Waals surface area contributed by atoms with E-state index in [1.165, 1.54) is 10.9 Å². The van der Waals surface area contributed by atoms with Crippen molar-refractivity contribution in [1.29, 1.82) is 0 Å². The minimum atomic E-state index is 0.289. The minimum absolute atomic E-state index is 0.289. The molecule has 6 heteroatoms. The summed E-state index contributed by atoms with van der Waals surface area (Å²) in [6.07, 6.45) is 4.58. The van der Waals surface area contributed by atoms with Crippen molar-refractivity contribution in [3.05, 3.63) is 72.6 Å². The largest absolute Gasteiger partial charge is 0.439 e. The molecule has 0 unspecified atom stereocenters. The van der Waals surface area contributed by atoms with Crippen molar-refractivity contribution < 1.29 is 9.84 Å². The van der Waals surface area contributed by atoms with Crippen molar-refractivity contribution in [3.8, 4) is 22.9 Å². The Morgan fingerprint density at radius 1 is 1.07 bits per heavy atom. The van der Waals surface area contributed by atoms with Crippen LogP contribution in [0.3, 0.4) is 0 Å². The van der Waals surface area contributed by atoms with Crippen LogP contribution in [0, 0.1) is 5.92 Å². The second-order valence-corrected chi connectivity index (χ2v) is 7.87. The first-order valence-corrected chi connectivity index (χ1v) is 10.3. The number of aromatic amines is 1. The molecule has 2 aromatic heterocycles. The van der Waals surface area contributed by atoms with Gasteiger partial charge in [-0.05, 0) is 65.6 Å². The summed E-state index contributed by atoms with van der Waals surface area (Å²) in [5, 5.41) is 18.6. The number of aliphatic hydroxyl groups is 1. The number of nitrogens with one attached hydrogen (secondary N) is 1. The lowest BCUT2D eigenvalue weighted by atomic mass is 10.1. The number of hydrogen-bond acceptors (Lipinski definition) is 5. The third-order valence-electron chi connectivity index (χ3n) is 5.68. The first-order chi connectivity index (χ1) is 14.8. The predicted octanol–water partition coefficient (Wildman–Crippen LogP) is 4.23. The van der Waals surface area contributed by atoms with E-state index >= 15 is 0 Å². The molecule has 5 rings (SSSR count). The molecular weight excluding hydrogens is 376 g/mol. The van der Waals surface area contributed by atoms with Gasteiger partial charge in [0.05, 0.1) is 5.69 Å². The first kappa shape index (κ1) is 18.8. The summed E-state index contributed by atoms with van der Waals surface area (Å²) in [5.74, 6) is 1.75. The Kier molecular flexibility index (Phi) is 5.17. The fraction of sp³-hybridized carbons (Fsp3) is 0.250. The zero-order chi connectivity index (χ0) is 20.3. The van der Waals surface area contributed by atoms with Gasteiger partial charge in [-0.25, -0.2) is 4.98 Å². The fourth-order valence-electron chi connectivity index (χ4n) is 4.04. The number of aliphatic hydroxyl groups excluding tert-OH is 1. The smallest absolute Gasteiger partial charge is 0.219 e. The van der Waals surface area contributed by atoms with Gasteiger partial charge in [0.1, 0.15) is 5.75 Å². The summed E-state index contributed by atoms with van der Waals surface area (Å²) >= 11 is 0. The molecule has 4 aromatic rings. The first-order valence-electron chi connectivity index (χ1n) is 10.3. The Morgan fingerprint density at radius 2 is 1.97 bits per heavy atom. The highest BCUT2D eigenvalue weighted by Crippen LogP contribution is 2.27. The van der Waals surface area contributed by atoms with Crippen LogP contribution < -0.4 is 4.74 Å². The number of fused-ring (bicyclic) bond motifs is 1. The van der Waals surface area contributed by atoms with Gasteiger partial charge in [0, 0.05) is 43.7 Å². The van der Waals surface area contributed by atoms with Crippen molar-refractivity contribution >= 4 is 10.8 Å². The number of rotatable bonds is 6. The number of likely N-dealkylation sites (tertiary alicyclic amines) is 1. The van der Waals surface area contributed by atoms with Gasteiger partial charge in [0.25, 0.3) is 0 Å². The average Bonchev–Trinajstić information content (AvgIpc) is 3.47.